The maximum atomic E-state index is 3.76. The Morgan fingerprint density at radius 2 is 2.00 bits per heavy atom. The second-order valence-electron chi connectivity index (χ2n) is 1.66. The molecule has 0 heterocycles. The highest BCUT2D eigenvalue weighted by molar-refractivity contribution is 7.79. The van der Waals surface area contributed by atoms with Crippen LogP contribution in [0.3, 0.4) is 0 Å². The first-order chi connectivity index (χ1) is 3.72. The monoisotopic (exact) mass is 129 g/mol. The van der Waals surface area contributed by atoms with E-state index in [0.29, 0.717) is 0 Å². The van der Waals surface area contributed by atoms with Crippen LogP contribution in [0.5, 0.6) is 0 Å². The zero-order chi connectivity index (χ0) is 6.57. The first kappa shape index (κ1) is 7.76. The van der Waals surface area contributed by atoms with Gasteiger partial charge >= 0.3 is 0 Å². The van der Waals surface area contributed by atoms with Crippen LogP contribution in [0.2, 0.25) is 0 Å². The van der Waals surface area contributed by atoms with E-state index in [2.05, 4.69) is 17.2 Å². The molecule has 0 aromatic heterocycles. The van der Waals surface area contributed by atoms with Crippen molar-refractivity contribution in [3.63, 3.8) is 0 Å². The van der Waals surface area contributed by atoms with Crippen molar-refractivity contribution in [2.24, 2.45) is 4.40 Å². The van der Waals surface area contributed by atoms with Crippen molar-refractivity contribution >= 4 is 18.5 Å². The molecule has 0 spiro atoms. The van der Waals surface area contributed by atoms with Crippen molar-refractivity contribution in [1.82, 2.24) is 0 Å². The van der Waals surface area contributed by atoms with Crippen molar-refractivity contribution in [1.29, 1.82) is 0 Å². The number of rotatable bonds is 1. The van der Waals surface area contributed by atoms with Gasteiger partial charge in [-0.25, -0.2) is 4.40 Å². The van der Waals surface area contributed by atoms with E-state index < -0.39 is 0 Å². The van der Waals surface area contributed by atoms with Crippen LogP contribution in [-0.4, -0.2) is 5.71 Å². The molecule has 46 valence electrons. The van der Waals surface area contributed by atoms with E-state index in [4.69, 9.17) is 0 Å². The van der Waals surface area contributed by atoms with Gasteiger partial charge in [0.25, 0.3) is 0 Å². The summed E-state index contributed by atoms with van der Waals surface area (Å²) < 4.78 is 3.70. The van der Waals surface area contributed by atoms with Gasteiger partial charge in [-0.1, -0.05) is 6.08 Å². The number of allylic oxidation sites excluding steroid dienone is 2. The minimum absolute atomic E-state index is 0.982. The van der Waals surface area contributed by atoms with Gasteiger partial charge in [-0.15, -0.1) is 0 Å². The second kappa shape index (κ2) is 3.72. The van der Waals surface area contributed by atoms with E-state index >= 15 is 0 Å². The van der Waals surface area contributed by atoms with Crippen molar-refractivity contribution < 1.29 is 0 Å². The molecule has 0 aromatic rings. The van der Waals surface area contributed by atoms with Crippen LogP contribution in [0.25, 0.3) is 0 Å². The molecule has 0 saturated carbocycles. The van der Waals surface area contributed by atoms with E-state index in [9.17, 15) is 0 Å². The number of nitrogens with zero attached hydrogens (tertiary/aromatic N) is 1. The zero-order valence-corrected chi connectivity index (χ0v) is 6.37. The average molecular weight is 129 g/mol. The Balaban J connectivity index is 4.04. The molecule has 0 aliphatic heterocycles. The second-order valence-corrected chi connectivity index (χ2v) is 1.86. The summed E-state index contributed by atoms with van der Waals surface area (Å²) in [5, 5.41) is 0. The Kier molecular flexibility index (Phi) is 3.61. The number of hydrogen-bond donors (Lipinski definition) is 1. The summed E-state index contributed by atoms with van der Waals surface area (Å²) in [5.74, 6) is 0. The zero-order valence-electron chi connectivity index (χ0n) is 5.47. The third kappa shape index (κ3) is 2.17. The lowest BCUT2D eigenvalue weighted by Gasteiger charge is -1.92. The van der Waals surface area contributed by atoms with Gasteiger partial charge in [0.2, 0.25) is 0 Å². The molecule has 2 heteroatoms. The molecule has 0 amide bonds. The molecule has 0 aliphatic rings. The molecule has 0 rings (SSSR count). The first-order valence-corrected chi connectivity index (χ1v) is 2.94. The molecule has 0 bridgehead atoms. The van der Waals surface area contributed by atoms with Gasteiger partial charge in [0.05, 0.1) is 0 Å². The summed E-state index contributed by atoms with van der Waals surface area (Å²) in [6.45, 7) is 5.93. The predicted molar refractivity (Wildman–Crippen MR) is 41.5 cm³/mol. The Bertz CT molecular complexity index is 108. The molecule has 0 saturated heterocycles. The highest BCUT2D eigenvalue weighted by atomic mass is 32.1. The molecular weight excluding hydrogens is 118 g/mol. The minimum Gasteiger partial charge on any atom is -0.224 e. The first-order valence-electron chi connectivity index (χ1n) is 2.54. The van der Waals surface area contributed by atoms with Crippen molar-refractivity contribution in [3.05, 3.63) is 11.6 Å². The molecule has 0 fully saturated rings. The highest BCUT2D eigenvalue weighted by Gasteiger charge is 1.87. The van der Waals surface area contributed by atoms with Crippen molar-refractivity contribution in [2.75, 3.05) is 0 Å². The van der Waals surface area contributed by atoms with Gasteiger partial charge in [0, 0.05) is 5.71 Å². The highest BCUT2D eigenvalue weighted by Crippen LogP contribution is 1.96. The van der Waals surface area contributed by atoms with Crippen LogP contribution in [0.15, 0.2) is 16.0 Å². The number of thiol groups is 1. The summed E-state index contributed by atoms with van der Waals surface area (Å²) in [6, 6.07) is 0. The fraction of sp³-hybridized carbons (Fsp3) is 0.500. The van der Waals surface area contributed by atoms with E-state index in [0.717, 1.165) is 5.71 Å². The predicted octanol–water partition coefficient (Wildman–Crippen LogP) is 2.26. The lowest BCUT2D eigenvalue weighted by atomic mass is 10.2. The average Bonchev–Trinajstić information content (AvgIpc) is 1.84. The summed E-state index contributed by atoms with van der Waals surface area (Å²) in [7, 11) is 0. The van der Waals surface area contributed by atoms with Crippen molar-refractivity contribution in [2.45, 2.75) is 20.8 Å². The van der Waals surface area contributed by atoms with Crippen LogP contribution in [0, 0.1) is 0 Å². The number of hydrogen-bond acceptors (Lipinski definition) is 2. The molecular formula is C6H11NS. The molecule has 0 radical (unpaired) electrons. The largest absolute Gasteiger partial charge is 0.224 e. The normalized spacial score (nSPS) is 14.5. The molecule has 0 N–H and O–H groups in total. The fourth-order valence-corrected chi connectivity index (χ4v) is 0.445. The minimum atomic E-state index is 0.982. The van der Waals surface area contributed by atoms with Crippen LogP contribution >= 0.6 is 12.8 Å². The smallest absolute Gasteiger partial charge is 0.0478 e. The summed E-state index contributed by atoms with van der Waals surface area (Å²) in [5.41, 5.74) is 2.16. The van der Waals surface area contributed by atoms with Crippen LogP contribution in [0.1, 0.15) is 20.8 Å². The summed E-state index contributed by atoms with van der Waals surface area (Å²) in [4.78, 5) is 0. The topological polar surface area (TPSA) is 12.4 Å². The van der Waals surface area contributed by atoms with E-state index in [1.165, 1.54) is 5.57 Å². The quantitative estimate of drug-likeness (QED) is 0.412. The third-order valence-electron chi connectivity index (χ3n) is 1.15. The lowest BCUT2D eigenvalue weighted by molar-refractivity contribution is 1.50. The Morgan fingerprint density at radius 1 is 1.50 bits per heavy atom. The Labute approximate surface area is 56.1 Å². The lowest BCUT2D eigenvalue weighted by Crippen LogP contribution is -1.88. The molecule has 0 unspecified atom stereocenters. The van der Waals surface area contributed by atoms with E-state index in [1.807, 2.05) is 26.8 Å². The third-order valence-corrected chi connectivity index (χ3v) is 1.45. The van der Waals surface area contributed by atoms with Gasteiger partial charge in [0.15, 0.2) is 0 Å². The Hall–Kier alpha value is -0.240. The van der Waals surface area contributed by atoms with E-state index in [-0.39, 0.29) is 0 Å². The summed E-state index contributed by atoms with van der Waals surface area (Å²) in [6.07, 6.45) is 2.01. The molecule has 0 atom stereocenters. The summed E-state index contributed by atoms with van der Waals surface area (Å²) >= 11 is 3.76. The van der Waals surface area contributed by atoms with Gasteiger partial charge in [-0.05, 0) is 39.2 Å². The molecule has 8 heavy (non-hydrogen) atoms. The van der Waals surface area contributed by atoms with Crippen LogP contribution < -0.4 is 0 Å². The fourth-order valence-electron chi connectivity index (χ4n) is 0.288. The molecule has 0 aromatic carbocycles. The van der Waals surface area contributed by atoms with Gasteiger partial charge in [-0.2, -0.15) is 0 Å². The van der Waals surface area contributed by atoms with Gasteiger partial charge < -0.3 is 0 Å². The maximum absolute atomic E-state index is 3.76. The van der Waals surface area contributed by atoms with Crippen LogP contribution in [-0.2, 0) is 0 Å². The van der Waals surface area contributed by atoms with E-state index in [1.54, 1.807) is 0 Å². The van der Waals surface area contributed by atoms with Crippen LogP contribution in [0.4, 0.5) is 0 Å². The maximum Gasteiger partial charge on any atom is 0.0478 e. The van der Waals surface area contributed by atoms with Gasteiger partial charge in [0.1, 0.15) is 0 Å². The van der Waals surface area contributed by atoms with Crippen molar-refractivity contribution in [3.8, 4) is 0 Å². The SMILES string of the molecule is C/C=C(C)/C(C)=N\S. The standard InChI is InChI=1S/C6H11NS/c1-4-5(2)6(3)7-8/h4,8H,1-3H3/b5-4+,7-6-. The van der Waals surface area contributed by atoms with Gasteiger partial charge in [-0.3, -0.25) is 0 Å². The molecule has 0 aliphatic carbocycles. The molecule has 1 nitrogen and oxygen atoms in total. The Morgan fingerprint density at radius 3 is 2.12 bits per heavy atom.